The molecule has 0 radical (unpaired) electrons. The van der Waals surface area contributed by atoms with Crippen molar-refractivity contribution in [2.24, 2.45) is 11.7 Å². The first-order chi connectivity index (χ1) is 8.83. The lowest BCUT2D eigenvalue weighted by atomic mass is 9.85. The Morgan fingerprint density at radius 1 is 1.28 bits per heavy atom. The maximum Gasteiger partial charge on any atom is 0.0392 e. The zero-order valence-corrected chi connectivity index (χ0v) is 12.6. The maximum atomic E-state index is 6.44. The van der Waals surface area contributed by atoms with Crippen LogP contribution in [-0.4, -0.2) is 5.75 Å². The second kappa shape index (κ2) is 5.98. The monoisotopic (exact) mass is 281 g/mol. The molecule has 1 aliphatic heterocycles. The molecule has 3 rings (SSSR count). The zero-order valence-electron chi connectivity index (χ0n) is 11.0. The molecule has 0 saturated heterocycles. The molecule has 100 valence electrons. The number of thioether (sulfide) groups is 1. The van der Waals surface area contributed by atoms with E-state index in [0.717, 1.165) is 5.92 Å². The van der Waals surface area contributed by atoms with Crippen molar-refractivity contribution in [2.45, 2.75) is 56.7 Å². The molecular formula is C15H23NS2. The van der Waals surface area contributed by atoms with Gasteiger partial charge in [0.25, 0.3) is 0 Å². The fraction of sp³-hybridized carbons (Fsp3) is 0.733. The Morgan fingerprint density at radius 2 is 2.11 bits per heavy atom. The third-order valence-electron chi connectivity index (χ3n) is 4.32. The molecule has 1 atom stereocenters. The minimum Gasteiger partial charge on any atom is -0.323 e. The highest BCUT2D eigenvalue weighted by molar-refractivity contribution is 7.98. The molecule has 1 aliphatic carbocycles. The van der Waals surface area contributed by atoms with Gasteiger partial charge in [0, 0.05) is 21.5 Å². The highest BCUT2D eigenvalue weighted by atomic mass is 32.2. The summed E-state index contributed by atoms with van der Waals surface area (Å²) >= 11 is 4.06. The molecule has 0 bridgehead atoms. The minimum atomic E-state index is 0.300. The average Bonchev–Trinajstić information content (AvgIpc) is 2.84. The SMILES string of the molecule is NC(CC1CCCCC1)c1cc2c(s1)CCSC2. The summed E-state index contributed by atoms with van der Waals surface area (Å²) in [6.07, 6.45) is 9.59. The number of fused-ring (bicyclic) bond motifs is 1. The van der Waals surface area contributed by atoms with Gasteiger partial charge in [0.15, 0.2) is 0 Å². The highest BCUT2D eigenvalue weighted by Gasteiger charge is 2.21. The van der Waals surface area contributed by atoms with Crippen LogP contribution in [0.15, 0.2) is 6.07 Å². The molecule has 18 heavy (non-hydrogen) atoms. The maximum absolute atomic E-state index is 6.44. The van der Waals surface area contributed by atoms with Gasteiger partial charge in [-0.2, -0.15) is 11.8 Å². The third kappa shape index (κ3) is 2.94. The van der Waals surface area contributed by atoms with Crippen molar-refractivity contribution >= 4 is 23.1 Å². The Bertz CT molecular complexity index is 370. The van der Waals surface area contributed by atoms with Gasteiger partial charge in [-0.15, -0.1) is 11.3 Å². The lowest BCUT2D eigenvalue weighted by Crippen LogP contribution is -2.16. The van der Waals surface area contributed by atoms with Crippen LogP contribution >= 0.6 is 23.1 Å². The summed E-state index contributed by atoms with van der Waals surface area (Å²) in [7, 11) is 0. The lowest BCUT2D eigenvalue weighted by Gasteiger charge is -2.24. The van der Waals surface area contributed by atoms with Crippen LogP contribution in [0.3, 0.4) is 0 Å². The number of rotatable bonds is 3. The Labute approximate surface area is 119 Å². The summed E-state index contributed by atoms with van der Waals surface area (Å²) in [6, 6.07) is 2.70. The molecule has 1 nitrogen and oxygen atoms in total. The summed E-state index contributed by atoms with van der Waals surface area (Å²) in [5, 5.41) is 0. The van der Waals surface area contributed by atoms with E-state index in [0.29, 0.717) is 6.04 Å². The molecule has 2 aliphatic rings. The van der Waals surface area contributed by atoms with Crippen LogP contribution < -0.4 is 5.73 Å². The first-order valence-electron chi connectivity index (χ1n) is 7.28. The van der Waals surface area contributed by atoms with Crippen molar-refractivity contribution in [3.63, 3.8) is 0 Å². The summed E-state index contributed by atoms with van der Waals surface area (Å²) in [5.41, 5.74) is 8.02. The van der Waals surface area contributed by atoms with Gasteiger partial charge in [-0.05, 0) is 36.1 Å². The number of aryl methyl sites for hydroxylation is 1. The summed E-state index contributed by atoms with van der Waals surface area (Å²) in [4.78, 5) is 3.07. The van der Waals surface area contributed by atoms with E-state index in [-0.39, 0.29) is 0 Å². The van der Waals surface area contributed by atoms with E-state index in [4.69, 9.17) is 5.73 Å². The van der Waals surface area contributed by atoms with Crippen LogP contribution in [0.4, 0.5) is 0 Å². The first-order valence-corrected chi connectivity index (χ1v) is 9.25. The fourth-order valence-electron chi connectivity index (χ4n) is 3.25. The highest BCUT2D eigenvalue weighted by Crippen LogP contribution is 2.37. The van der Waals surface area contributed by atoms with Crippen LogP contribution in [0.25, 0.3) is 0 Å². The number of nitrogens with two attached hydrogens (primary N) is 1. The van der Waals surface area contributed by atoms with E-state index in [1.165, 1.54) is 61.3 Å². The van der Waals surface area contributed by atoms with Gasteiger partial charge in [0.05, 0.1) is 0 Å². The van der Waals surface area contributed by atoms with Crippen LogP contribution in [0.5, 0.6) is 0 Å². The third-order valence-corrected chi connectivity index (χ3v) is 6.70. The molecule has 3 heteroatoms. The quantitative estimate of drug-likeness (QED) is 0.882. The topological polar surface area (TPSA) is 26.0 Å². The Kier molecular flexibility index (Phi) is 4.32. The molecule has 2 N–H and O–H groups in total. The second-order valence-corrected chi connectivity index (χ2v) is 8.02. The Balaban J connectivity index is 1.64. The Morgan fingerprint density at radius 3 is 2.89 bits per heavy atom. The Hall–Kier alpha value is 0.01000. The normalized spacial score (nSPS) is 22.7. The predicted octanol–water partition coefficient (Wildman–Crippen LogP) is 4.51. The molecule has 0 spiro atoms. The van der Waals surface area contributed by atoms with Crippen LogP contribution in [-0.2, 0) is 12.2 Å². The van der Waals surface area contributed by atoms with Gasteiger partial charge in [-0.1, -0.05) is 32.1 Å². The largest absolute Gasteiger partial charge is 0.323 e. The first kappa shape index (κ1) is 13.0. The molecule has 1 fully saturated rings. The molecule has 1 aromatic rings. The van der Waals surface area contributed by atoms with E-state index < -0.39 is 0 Å². The zero-order chi connectivity index (χ0) is 12.4. The molecule has 0 amide bonds. The molecule has 1 unspecified atom stereocenters. The van der Waals surface area contributed by atoms with Gasteiger partial charge in [0.1, 0.15) is 0 Å². The molecule has 0 aromatic carbocycles. The predicted molar refractivity (Wildman–Crippen MR) is 82.3 cm³/mol. The lowest BCUT2D eigenvalue weighted by molar-refractivity contribution is 0.320. The fourth-order valence-corrected chi connectivity index (χ4v) is 5.64. The van der Waals surface area contributed by atoms with Crippen LogP contribution in [0, 0.1) is 5.92 Å². The van der Waals surface area contributed by atoms with Gasteiger partial charge >= 0.3 is 0 Å². The number of hydrogen-bond donors (Lipinski definition) is 1. The van der Waals surface area contributed by atoms with Crippen molar-refractivity contribution in [2.75, 3.05) is 5.75 Å². The van der Waals surface area contributed by atoms with E-state index >= 15 is 0 Å². The van der Waals surface area contributed by atoms with Crippen molar-refractivity contribution in [3.05, 3.63) is 21.4 Å². The van der Waals surface area contributed by atoms with E-state index in [9.17, 15) is 0 Å². The average molecular weight is 281 g/mol. The van der Waals surface area contributed by atoms with Crippen LogP contribution in [0.2, 0.25) is 0 Å². The van der Waals surface area contributed by atoms with Gasteiger partial charge in [0.2, 0.25) is 0 Å². The van der Waals surface area contributed by atoms with Gasteiger partial charge in [-0.3, -0.25) is 0 Å². The summed E-state index contributed by atoms with van der Waals surface area (Å²) < 4.78 is 0. The second-order valence-electron chi connectivity index (χ2n) is 5.75. The van der Waals surface area contributed by atoms with Gasteiger partial charge < -0.3 is 5.73 Å². The van der Waals surface area contributed by atoms with Crippen molar-refractivity contribution < 1.29 is 0 Å². The van der Waals surface area contributed by atoms with Crippen molar-refractivity contribution in [1.82, 2.24) is 0 Å². The van der Waals surface area contributed by atoms with E-state index in [1.54, 1.807) is 10.4 Å². The van der Waals surface area contributed by atoms with Crippen molar-refractivity contribution in [3.8, 4) is 0 Å². The molecule has 2 heterocycles. The summed E-state index contributed by atoms with van der Waals surface area (Å²) in [5.74, 6) is 3.40. The number of hydrogen-bond acceptors (Lipinski definition) is 3. The molecule has 1 saturated carbocycles. The molecular weight excluding hydrogens is 258 g/mol. The van der Waals surface area contributed by atoms with Crippen molar-refractivity contribution in [1.29, 1.82) is 0 Å². The standard InChI is InChI=1S/C15H23NS2/c16-13(8-11-4-2-1-3-5-11)15-9-12-10-17-7-6-14(12)18-15/h9,11,13H,1-8,10,16H2. The minimum absolute atomic E-state index is 0.300. The van der Waals surface area contributed by atoms with E-state index in [2.05, 4.69) is 17.8 Å². The summed E-state index contributed by atoms with van der Waals surface area (Å²) in [6.45, 7) is 0. The smallest absolute Gasteiger partial charge is 0.0392 e. The van der Waals surface area contributed by atoms with Gasteiger partial charge in [-0.25, -0.2) is 0 Å². The van der Waals surface area contributed by atoms with E-state index in [1.807, 2.05) is 11.3 Å². The number of thiophene rings is 1. The molecule has 1 aromatic heterocycles. The van der Waals surface area contributed by atoms with Crippen LogP contribution in [0.1, 0.15) is 59.9 Å².